The van der Waals surface area contributed by atoms with Crippen LogP contribution in [0.25, 0.3) is 6.08 Å². The zero-order valence-electron chi connectivity index (χ0n) is 16.4. The van der Waals surface area contributed by atoms with E-state index in [1.165, 1.54) is 30.3 Å². The van der Waals surface area contributed by atoms with Gasteiger partial charge in [0.1, 0.15) is 34.8 Å². The number of benzene rings is 3. The number of carbonyl (C=O) groups excluding carboxylic acids is 1. The van der Waals surface area contributed by atoms with Crippen LogP contribution in [0.4, 0.5) is 15.8 Å². The average molecular weight is 452 g/mol. The first kappa shape index (κ1) is 22.5. The number of ether oxygens (including phenoxy) is 1. The minimum atomic E-state index is -0.722. The minimum Gasteiger partial charge on any atom is -0.489 e. The Bertz CT molecular complexity index is 1220. The van der Waals surface area contributed by atoms with Crippen LogP contribution in [0.2, 0.25) is 5.02 Å². The lowest BCUT2D eigenvalue weighted by Gasteiger charge is -2.07. The van der Waals surface area contributed by atoms with Crippen molar-refractivity contribution in [1.29, 1.82) is 5.26 Å². The molecule has 0 atom stereocenters. The van der Waals surface area contributed by atoms with E-state index in [1.807, 2.05) is 6.07 Å². The topological polar surface area (TPSA) is 105 Å². The van der Waals surface area contributed by atoms with E-state index in [4.69, 9.17) is 16.3 Å². The van der Waals surface area contributed by atoms with Crippen LogP contribution in [0, 0.1) is 27.3 Å². The molecule has 32 heavy (non-hydrogen) atoms. The molecule has 0 unspecified atom stereocenters. The van der Waals surface area contributed by atoms with Crippen molar-refractivity contribution in [2.45, 2.75) is 6.61 Å². The van der Waals surface area contributed by atoms with Gasteiger partial charge < -0.3 is 10.1 Å². The first-order valence-corrected chi connectivity index (χ1v) is 9.58. The molecular weight excluding hydrogens is 437 g/mol. The number of carbonyl (C=O) groups is 1. The zero-order chi connectivity index (χ0) is 23.1. The molecule has 0 aromatic heterocycles. The Morgan fingerprint density at radius 3 is 2.47 bits per heavy atom. The predicted molar refractivity (Wildman–Crippen MR) is 118 cm³/mol. The van der Waals surface area contributed by atoms with Gasteiger partial charge in [-0.2, -0.15) is 5.26 Å². The third-order valence-electron chi connectivity index (χ3n) is 4.28. The van der Waals surface area contributed by atoms with Crippen molar-refractivity contribution < 1.29 is 18.8 Å². The highest BCUT2D eigenvalue weighted by Gasteiger charge is 2.15. The van der Waals surface area contributed by atoms with Crippen molar-refractivity contribution in [1.82, 2.24) is 0 Å². The number of anilines is 1. The van der Waals surface area contributed by atoms with E-state index in [1.54, 1.807) is 36.4 Å². The lowest BCUT2D eigenvalue weighted by Crippen LogP contribution is -2.13. The molecule has 0 bridgehead atoms. The molecule has 1 N–H and O–H groups in total. The number of nitrogens with one attached hydrogen (secondary N) is 1. The molecule has 0 saturated carbocycles. The van der Waals surface area contributed by atoms with Gasteiger partial charge in [0.25, 0.3) is 11.6 Å². The fourth-order valence-corrected chi connectivity index (χ4v) is 2.84. The molecule has 0 aliphatic heterocycles. The quantitative estimate of drug-likeness (QED) is 0.220. The maximum Gasteiger partial charge on any atom is 0.289 e. The van der Waals surface area contributed by atoms with Crippen molar-refractivity contribution >= 4 is 35.0 Å². The Balaban J connectivity index is 1.67. The van der Waals surface area contributed by atoms with Gasteiger partial charge in [0.05, 0.1) is 4.92 Å². The van der Waals surface area contributed by atoms with Crippen molar-refractivity contribution in [3.05, 3.63) is 104 Å². The Kier molecular flexibility index (Phi) is 7.16. The fraction of sp³-hybridized carbons (Fsp3) is 0.0435. The van der Waals surface area contributed by atoms with Crippen LogP contribution in [0.1, 0.15) is 11.1 Å². The first-order chi connectivity index (χ1) is 15.4. The third kappa shape index (κ3) is 5.90. The normalized spacial score (nSPS) is 10.8. The number of nitrogens with zero attached hydrogens (tertiary/aromatic N) is 2. The minimum absolute atomic E-state index is 0.0641. The van der Waals surface area contributed by atoms with E-state index in [0.717, 1.165) is 11.6 Å². The second-order valence-corrected chi connectivity index (χ2v) is 6.94. The van der Waals surface area contributed by atoms with Crippen molar-refractivity contribution in [3.63, 3.8) is 0 Å². The Morgan fingerprint density at radius 2 is 1.84 bits per heavy atom. The molecule has 0 aliphatic carbocycles. The van der Waals surface area contributed by atoms with Gasteiger partial charge in [-0.3, -0.25) is 14.9 Å². The molecule has 1 amide bonds. The lowest BCUT2D eigenvalue weighted by atomic mass is 10.1. The number of halogens is 2. The molecule has 0 radical (unpaired) electrons. The number of nitro groups is 1. The second kappa shape index (κ2) is 10.2. The summed E-state index contributed by atoms with van der Waals surface area (Å²) in [5.41, 5.74) is 0.969. The van der Waals surface area contributed by atoms with Gasteiger partial charge in [-0.1, -0.05) is 35.9 Å². The summed E-state index contributed by atoms with van der Waals surface area (Å²) >= 11 is 5.76. The highest BCUT2D eigenvalue weighted by atomic mass is 35.5. The van der Waals surface area contributed by atoms with Gasteiger partial charge in [0, 0.05) is 11.8 Å². The Hall–Kier alpha value is -4.22. The Morgan fingerprint density at radius 1 is 1.16 bits per heavy atom. The molecule has 0 aliphatic rings. The summed E-state index contributed by atoms with van der Waals surface area (Å²) in [6, 6.07) is 18.2. The Labute approximate surface area is 187 Å². The monoisotopic (exact) mass is 451 g/mol. The number of amides is 1. The summed E-state index contributed by atoms with van der Waals surface area (Å²) in [6.45, 7) is 0.258. The van der Waals surface area contributed by atoms with Crippen molar-refractivity contribution in [2.75, 3.05) is 5.32 Å². The highest BCUT2D eigenvalue weighted by molar-refractivity contribution is 6.32. The number of nitro benzene ring substituents is 1. The van der Waals surface area contributed by atoms with Crippen molar-refractivity contribution in [3.8, 4) is 11.8 Å². The summed E-state index contributed by atoms with van der Waals surface area (Å²) in [5.74, 6) is -0.486. The van der Waals surface area contributed by atoms with E-state index in [-0.39, 0.29) is 34.4 Å². The molecule has 160 valence electrons. The maximum absolute atomic E-state index is 12.9. The van der Waals surface area contributed by atoms with E-state index in [9.17, 15) is 24.6 Å². The summed E-state index contributed by atoms with van der Waals surface area (Å²) in [7, 11) is 0. The largest absolute Gasteiger partial charge is 0.489 e. The molecule has 7 nitrogen and oxygen atoms in total. The number of nitriles is 1. The predicted octanol–water partition coefficient (Wildman–Crippen LogP) is 5.51. The van der Waals surface area contributed by atoms with Crippen molar-refractivity contribution in [2.24, 2.45) is 0 Å². The van der Waals surface area contributed by atoms with Gasteiger partial charge in [0.15, 0.2) is 0 Å². The summed E-state index contributed by atoms with van der Waals surface area (Å²) in [4.78, 5) is 22.7. The molecule has 0 heterocycles. The van der Waals surface area contributed by atoms with Gasteiger partial charge in [0.2, 0.25) is 0 Å². The lowest BCUT2D eigenvalue weighted by molar-refractivity contribution is -0.384. The van der Waals surface area contributed by atoms with Crippen LogP contribution in [0.15, 0.2) is 72.3 Å². The van der Waals surface area contributed by atoms with Crippen LogP contribution < -0.4 is 10.1 Å². The molecule has 9 heteroatoms. The molecule has 3 rings (SSSR count). The standard InChI is InChI=1S/C23H15ClFN3O4/c24-21-10-7-19(12-22(21)28(30)31)27-23(29)17(13-26)11-15-3-8-20(9-4-15)32-14-16-1-5-18(25)6-2-16/h1-12H,14H2,(H,27,29)/b17-11+. The van der Waals surface area contributed by atoms with Gasteiger partial charge >= 0.3 is 0 Å². The van der Waals surface area contributed by atoms with Crippen LogP contribution in [-0.4, -0.2) is 10.8 Å². The zero-order valence-corrected chi connectivity index (χ0v) is 17.2. The number of hydrogen-bond acceptors (Lipinski definition) is 5. The van der Waals surface area contributed by atoms with E-state index in [2.05, 4.69) is 5.32 Å². The van der Waals surface area contributed by atoms with Gasteiger partial charge in [-0.05, 0) is 53.6 Å². The summed E-state index contributed by atoms with van der Waals surface area (Å²) in [5, 5.41) is 22.7. The van der Waals surface area contributed by atoms with Crippen LogP contribution in [0.3, 0.4) is 0 Å². The average Bonchev–Trinajstić information content (AvgIpc) is 2.79. The number of rotatable bonds is 7. The molecule has 0 saturated heterocycles. The molecule has 0 spiro atoms. The van der Waals surface area contributed by atoms with Gasteiger partial charge in [-0.25, -0.2) is 4.39 Å². The molecule has 0 fully saturated rings. The summed E-state index contributed by atoms with van der Waals surface area (Å²) in [6.07, 6.45) is 1.38. The van der Waals surface area contributed by atoms with Gasteiger partial charge in [-0.15, -0.1) is 0 Å². The first-order valence-electron chi connectivity index (χ1n) is 9.20. The highest BCUT2D eigenvalue weighted by Crippen LogP contribution is 2.27. The van der Waals surface area contributed by atoms with E-state index < -0.39 is 10.8 Å². The van der Waals surface area contributed by atoms with Crippen LogP contribution >= 0.6 is 11.6 Å². The van der Waals surface area contributed by atoms with E-state index >= 15 is 0 Å². The second-order valence-electron chi connectivity index (χ2n) is 6.53. The smallest absolute Gasteiger partial charge is 0.289 e. The summed E-state index contributed by atoms with van der Waals surface area (Å²) < 4.78 is 18.6. The molecule has 3 aromatic carbocycles. The van der Waals surface area contributed by atoms with Crippen LogP contribution in [0.5, 0.6) is 5.75 Å². The molecular formula is C23H15ClFN3O4. The maximum atomic E-state index is 12.9. The SMILES string of the molecule is N#C/C(=C\c1ccc(OCc2ccc(F)cc2)cc1)C(=O)Nc1ccc(Cl)c([N+](=O)[O-])c1. The van der Waals surface area contributed by atoms with Crippen LogP contribution in [-0.2, 0) is 11.4 Å². The fourth-order valence-electron chi connectivity index (χ4n) is 2.65. The number of hydrogen-bond donors (Lipinski definition) is 1. The third-order valence-corrected chi connectivity index (χ3v) is 4.60. The molecule has 3 aromatic rings. The van der Waals surface area contributed by atoms with E-state index in [0.29, 0.717) is 11.3 Å².